The molecule has 2 aliphatic heterocycles. The average molecular weight is 463 g/mol. The number of carbonyl (C=O) groups is 1. The van der Waals surface area contributed by atoms with Gasteiger partial charge in [0.25, 0.3) is 5.91 Å². The van der Waals surface area contributed by atoms with E-state index in [-0.39, 0.29) is 11.9 Å². The molecule has 3 heterocycles. The highest BCUT2D eigenvalue weighted by atomic mass is 32.1. The third-order valence-corrected chi connectivity index (χ3v) is 7.66. The van der Waals surface area contributed by atoms with E-state index in [1.54, 1.807) is 11.3 Å². The minimum Gasteiger partial charge on any atom is -0.489 e. The standard InChI is InChI=1S/C26H30N4O2S/c1-3-19-20-8-4-5-9-23(20)33-24(19)15-28-21-13-17(14-22-25(21)29(2)11-12-32-22)26(31)30-10-6-7-18(27)16-30/h4-5,8-9,13-15,18H,3,6-7,10-12,16,27H2,1-2H3. The Kier molecular flexibility index (Phi) is 6.08. The number of anilines is 1. The molecule has 1 fully saturated rings. The molecule has 2 aromatic carbocycles. The summed E-state index contributed by atoms with van der Waals surface area (Å²) in [6.45, 7) is 4.89. The Morgan fingerprint density at radius 2 is 2.15 bits per heavy atom. The van der Waals surface area contributed by atoms with Gasteiger partial charge in [0.15, 0.2) is 0 Å². The first-order chi connectivity index (χ1) is 16.0. The second-order valence-electron chi connectivity index (χ2n) is 8.82. The predicted molar refractivity (Wildman–Crippen MR) is 137 cm³/mol. The van der Waals surface area contributed by atoms with Gasteiger partial charge < -0.3 is 20.3 Å². The lowest BCUT2D eigenvalue weighted by Crippen LogP contribution is -2.45. The number of likely N-dealkylation sites (tertiary alicyclic amines) is 1. The number of hydrogen-bond acceptors (Lipinski definition) is 6. The molecule has 0 aliphatic carbocycles. The third kappa shape index (κ3) is 4.23. The number of carbonyl (C=O) groups excluding carboxylic acids is 1. The van der Waals surface area contributed by atoms with E-state index in [2.05, 4.69) is 36.1 Å². The molecule has 0 spiro atoms. The fourth-order valence-electron chi connectivity index (χ4n) is 4.80. The highest BCUT2D eigenvalue weighted by molar-refractivity contribution is 7.20. The summed E-state index contributed by atoms with van der Waals surface area (Å²) < 4.78 is 7.24. The highest BCUT2D eigenvalue weighted by Gasteiger charge is 2.26. The van der Waals surface area contributed by atoms with Crippen LogP contribution >= 0.6 is 11.3 Å². The van der Waals surface area contributed by atoms with E-state index >= 15 is 0 Å². The van der Waals surface area contributed by atoms with Crippen LogP contribution in [0.15, 0.2) is 41.4 Å². The fraction of sp³-hybridized carbons (Fsp3) is 0.385. The van der Waals surface area contributed by atoms with Gasteiger partial charge in [-0.25, -0.2) is 0 Å². The molecule has 1 unspecified atom stereocenters. The van der Waals surface area contributed by atoms with Gasteiger partial charge in [-0.2, -0.15) is 0 Å². The van der Waals surface area contributed by atoms with Crippen LogP contribution in [0.25, 0.3) is 10.1 Å². The molecule has 0 bridgehead atoms. The molecule has 3 aromatic rings. The summed E-state index contributed by atoms with van der Waals surface area (Å²) in [6.07, 6.45) is 4.80. The Balaban J connectivity index is 1.55. The Morgan fingerprint density at radius 3 is 2.97 bits per heavy atom. The number of aryl methyl sites for hydroxylation is 1. The van der Waals surface area contributed by atoms with Crippen LogP contribution in [0, 0.1) is 0 Å². The number of ether oxygens (including phenoxy) is 1. The molecule has 0 saturated carbocycles. The number of likely N-dealkylation sites (N-methyl/N-ethyl adjacent to an activating group) is 1. The zero-order valence-corrected chi connectivity index (χ0v) is 20.0. The smallest absolute Gasteiger partial charge is 0.254 e. The van der Waals surface area contributed by atoms with E-state index in [9.17, 15) is 4.79 Å². The Bertz CT molecular complexity index is 1220. The van der Waals surface area contributed by atoms with Crippen LogP contribution in [-0.2, 0) is 6.42 Å². The normalized spacial score (nSPS) is 18.6. The zero-order valence-electron chi connectivity index (χ0n) is 19.2. The zero-order chi connectivity index (χ0) is 22.9. The molecule has 5 rings (SSSR count). The van der Waals surface area contributed by atoms with E-state index in [1.807, 2.05) is 30.3 Å². The van der Waals surface area contributed by atoms with Gasteiger partial charge in [0.2, 0.25) is 0 Å². The molecule has 1 amide bonds. The molecule has 172 valence electrons. The van der Waals surface area contributed by atoms with Crippen LogP contribution in [0.4, 0.5) is 11.4 Å². The number of nitrogens with zero attached hydrogens (tertiary/aromatic N) is 3. The first-order valence-corrected chi connectivity index (χ1v) is 12.5. The number of nitrogens with two attached hydrogens (primary N) is 1. The number of thiophene rings is 1. The second-order valence-corrected chi connectivity index (χ2v) is 9.90. The maximum atomic E-state index is 13.3. The monoisotopic (exact) mass is 462 g/mol. The van der Waals surface area contributed by atoms with Gasteiger partial charge in [-0.1, -0.05) is 25.1 Å². The van der Waals surface area contributed by atoms with E-state index < -0.39 is 0 Å². The van der Waals surface area contributed by atoms with Crippen molar-refractivity contribution in [1.29, 1.82) is 0 Å². The number of rotatable bonds is 4. The summed E-state index contributed by atoms with van der Waals surface area (Å²) in [5, 5.41) is 1.29. The topological polar surface area (TPSA) is 71.2 Å². The maximum Gasteiger partial charge on any atom is 0.254 e. The van der Waals surface area contributed by atoms with Gasteiger partial charge in [0, 0.05) is 47.5 Å². The average Bonchev–Trinajstić information content (AvgIpc) is 3.19. The number of aliphatic imine (C=N–C) groups is 1. The van der Waals surface area contributed by atoms with Gasteiger partial charge in [0.1, 0.15) is 18.0 Å². The lowest BCUT2D eigenvalue weighted by Gasteiger charge is -2.32. The van der Waals surface area contributed by atoms with Crippen molar-refractivity contribution in [3.8, 4) is 5.75 Å². The molecule has 2 N–H and O–H groups in total. The van der Waals surface area contributed by atoms with E-state index in [0.29, 0.717) is 18.7 Å². The molecule has 33 heavy (non-hydrogen) atoms. The van der Waals surface area contributed by atoms with Crippen molar-refractivity contribution in [2.24, 2.45) is 10.7 Å². The summed E-state index contributed by atoms with van der Waals surface area (Å²) in [4.78, 5) is 23.4. The molecular formula is C26H30N4O2S. The SMILES string of the molecule is CCc1c(C=Nc2cc(C(=O)N3CCCC(N)C3)cc3c2N(C)CCO3)sc2ccccc12. The third-order valence-electron chi connectivity index (χ3n) is 6.52. The minimum atomic E-state index is -0.00247. The lowest BCUT2D eigenvalue weighted by atomic mass is 10.0. The number of hydrogen-bond donors (Lipinski definition) is 1. The molecule has 7 heteroatoms. The Hall–Kier alpha value is -2.90. The van der Waals surface area contributed by atoms with Crippen LogP contribution in [0.5, 0.6) is 5.75 Å². The molecular weight excluding hydrogens is 432 g/mol. The van der Waals surface area contributed by atoms with Crippen molar-refractivity contribution >= 4 is 44.9 Å². The largest absolute Gasteiger partial charge is 0.489 e. The van der Waals surface area contributed by atoms with Crippen molar-refractivity contribution in [3.63, 3.8) is 0 Å². The second kappa shape index (κ2) is 9.15. The van der Waals surface area contributed by atoms with E-state index in [1.165, 1.54) is 15.6 Å². The quantitative estimate of drug-likeness (QED) is 0.575. The van der Waals surface area contributed by atoms with Crippen LogP contribution in [0.3, 0.4) is 0 Å². The summed E-state index contributed by atoms with van der Waals surface area (Å²) in [5.41, 5.74) is 9.74. The molecule has 1 aromatic heterocycles. The van der Waals surface area contributed by atoms with E-state index in [0.717, 1.165) is 54.4 Å². The van der Waals surface area contributed by atoms with Crippen molar-refractivity contribution in [1.82, 2.24) is 4.90 Å². The van der Waals surface area contributed by atoms with Gasteiger partial charge in [-0.15, -0.1) is 11.3 Å². The number of piperidine rings is 1. The number of benzene rings is 2. The number of fused-ring (bicyclic) bond motifs is 2. The minimum absolute atomic E-state index is 0.00247. The molecule has 1 atom stereocenters. The summed E-state index contributed by atoms with van der Waals surface area (Å²) >= 11 is 1.76. The van der Waals surface area contributed by atoms with Gasteiger partial charge in [0.05, 0.1) is 12.2 Å². The van der Waals surface area contributed by atoms with Crippen molar-refractivity contribution in [3.05, 3.63) is 52.4 Å². The number of amides is 1. The molecule has 1 saturated heterocycles. The first-order valence-electron chi connectivity index (χ1n) is 11.7. The molecule has 6 nitrogen and oxygen atoms in total. The van der Waals surface area contributed by atoms with Crippen LogP contribution in [-0.4, -0.2) is 56.4 Å². The van der Waals surface area contributed by atoms with Crippen molar-refractivity contribution < 1.29 is 9.53 Å². The summed E-state index contributed by atoms with van der Waals surface area (Å²) in [6, 6.07) is 12.3. The lowest BCUT2D eigenvalue weighted by molar-refractivity contribution is 0.0708. The summed E-state index contributed by atoms with van der Waals surface area (Å²) in [7, 11) is 2.04. The van der Waals surface area contributed by atoms with Crippen LogP contribution in [0.1, 0.15) is 40.6 Å². The highest BCUT2D eigenvalue weighted by Crippen LogP contribution is 2.41. The van der Waals surface area contributed by atoms with Gasteiger partial charge in [-0.05, 0) is 48.4 Å². The Labute approximate surface area is 198 Å². The maximum absolute atomic E-state index is 13.3. The summed E-state index contributed by atoms with van der Waals surface area (Å²) in [5.74, 6) is 0.715. The van der Waals surface area contributed by atoms with Crippen LogP contribution in [0.2, 0.25) is 0 Å². The predicted octanol–water partition coefficient (Wildman–Crippen LogP) is 4.61. The van der Waals surface area contributed by atoms with Gasteiger partial charge in [-0.3, -0.25) is 9.79 Å². The first kappa shape index (κ1) is 21.9. The van der Waals surface area contributed by atoms with Crippen LogP contribution < -0.4 is 15.4 Å². The van der Waals surface area contributed by atoms with Crippen molar-refractivity contribution in [2.45, 2.75) is 32.2 Å². The Morgan fingerprint density at radius 1 is 1.30 bits per heavy atom. The van der Waals surface area contributed by atoms with Crippen molar-refractivity contribution in [2.75, 3.05) is 38.2 Å². The molecule has 2 aliphatic rings. The van der Waals surface area contributed by atoms with Gasteiger partial charge >= 0.3 is 0 Å². The molecule has 0 radical (unpaired) electrons. The fourth-order valence-corrected chi connectivity index (χ4v) is 5.97. The van der Waals surface area contributed by atoms with E-state index in [4.69, 9.17) is 15.5 Å².